The van der Waals surface area contributed by atoms with Crippen LogP contribution in [0.3, 0.4) is 0 Å². The summed E-state index contributed by atoms with van der Waals surface area (Å²) >= 11 is 0. The maximum Gasteiger partial charge on any atom is 0.255 e. The number of fused-ring (bicyclic) bond motifs is 1. The van der Waals surface area contributed by atoms with E-state index in [0.717, 1.165) is 16.7 Å². The molecule has 7 heteroatoms. The third-order valence-electron chi connectivity index (χ3n) is 5.44. The minimum absolute atomic E-state index is 0.173. The van der Waals surface area contributed by atoms with E-state index in [1.807, 2.05) is 42.5 Å². The average molecular weight is 393 g/mol. The molecule has 3 amide bonds. The largest absolute Gasteiger partial charge is 0.387 e. The van der Waals surface area contributed by atoms with E-state index in [9.17, 15) is 19.5 Å². The summed E-state index contributed by atoms with van der Waals surface area (Å²) in [7, 11) is 0. The molecule has 0 aromatic heterocycles. The average Bonchev–Trinajstić information content (AvgIpc) is 3.04. The standard InChI is InChI=1S/C22H23N3O4/c26-19(15-4-2-1-3-5-15)12-23-11-14-6-7-17-16(10-14)13-25(22(17)29)18-8-9-20(27)24-21(18)28/h1-7,10,18-19,23,26H,8-9,11-13H2,(H,24,27,28). The van der Waals surface area contributed by atoms with Crippen molar-refractivity contribution in [1.82, 2.24) is 15.5 Å². The van der Waals surface area contributed by atoms with Crippen LogP contribution in [0, 0.1) is 0 Å². The van der Waals surface area contributed by atoms with Crippen LogP contribution in [0.5, 0.6) is 0 Å². The number of nitrogens with one attached hydrogen (secondary N) is 2. The van der Waals surface area contributed by atoms with E-state index in [0.29, 0.717) is 31.6 Å². The van der Waals surface area contributed by atoms with Crippen molar-refractivity contribution in [3.63, 3.8) is 0 Å². The fourth-order valence-corrected chi connectivity index (χ4v) is 3.88. The first-order valence-electron chi connectivity index (χ1n) is 9.73. The van der Waals surface area contributed by atoms with Gasteiger partial charge >= 0.3 is 0 Å². The van der Waals surface area contributed by atoms with Crippen LogP contribution in [0.2, 0.25) is 0 Å². The van der Waals surface area contributed by atoms with Crippen molar-refractivity contribution >= 4 is 17.7 Å². The highest BCUT2D eigenvalue weighted by Gasteiger charge is 2.38. The molecule has 7 nitrogen and oxygen atoms in total. The summed E-state index contributed by atoms with van der Waals surface area (Å²) in [5.74, 6) is -0.867. The van der Waals surface area contributed by atoms with Gasteiger partial charge in [-0.15, -0.1) is 0 Å². The first kappa shape index (κ1) is 19.3. The number of amides is 3. The lowest BCUT2D eigenvalue weighted by molar-refractivity contribution is -0.136. The van der Waals surface area contributed by atoms with Crippen molar-refractivity contribution in [3.8, 4) is 0 Å². The van der Waals surface area contributed by atoms with E-state index in [1.54, 1.807) is 11.0 Å². The monoisotopic (exact) mass is 393 g/mol. The molecule has 2 unspecified atom stereocenters. The van der Waals surface area contributed by atoms with Gasteiger partial charge in [0.2, 0.25) is 11.8 Å². The van der Waals surface area contributed by atoms with Crippen molar-refractivity contribution in [2.75, 3.05) is 6.54 Å². The summed E-state index contributed by atoms with van der Waals surface area (Å²) in [4.78, 5) is 37.7. The summed E-state index contributed by atoms with van der Waals surface area (Å²) < 4.78 is 0. The summed E-state index contributed by atoms with van der Waals surface area (Å²) in [5.41, 5.74) is 3.34. The lowest BCUT2D eigenvalue weighted by atomic mass is 10.0. The Hall–Kier alpha value is -3.03. The zero-order chi connectivity index (χ0) is 20.4. The van der Waals surface area contributed by atoms with Gasteiger partial charge in [0.15, 0.2) is 0 Å². The molecule has 0 spiro atoms. The van der Waals surface area contributed by atoms with Crippen molar-refractivity contribution in [2.45, 2.75) is 38.1 Å². The fourth-order valence-electron chi connectivity index (χ4n) is 3.88. The smallest absolute Gasteiger partial charge is 0.255 e. The van der Waals surface area contributed by atoms with E-state index in [1.165, 1.54) is 0 Å². The highest BCUT2D eigenvalue weighted by Crippen LogP contribution is 2.28. The predicted molar refractivity (Wildman–Crippen MR) is 106 cm³/mol. The molecule has 2 heterocycles. The number of piperidine rings is 1. The Kier molecular flexibility index (Phi) is 5.42. The predicted octanol–water partition coefficient (Wildman–Crippen LogP) is 1.27. The molecule has 2 atom stereocenters. The van der Waals surface area contributed by atoms with Crippen molar-refractivity contribution in [1.29, 1.82) is 0 Å². The molecule has 1 fully saturated rings. The minimum atomic E-state index is -0.602. The van der Waals surface area contributed by atoms with Crippen LogP contribution in [0.4, 0.5) is 0 Å². The van der Waals surface area contributed by atoms with Crippen LogP contribution in [0.25, 0.3) is 0 Å². The van der Waals surface area contributed by atoms with Gasteiger partial charge in [0, 0.05) is 31.6 Å². The lowest BCUT2D eigenvalue weighted by Crippen LogP contribution is -2.52. The Morgan fingerprint density at radius 1 is 1.14 bits per heavy atom. The Balaban J connectivity index is 1.37. The second kappa shape index (κ2) is 8.14. The second-order valence-corrected chi connectivity index (χ2v) is 7.45. The van der Waals surface area contributed by atoms with E-state index in [-0.39, 0.29) is 18.2 Å². The topological polar surface area (TPSA) is 98.7 Å². The van der Waals surface area contributed by atoms with E-state index in [4.69, 9.17) is 0 Å². The quantitative estimate of drug-likeness (QED) is 0.642. The molecule has 0 radical (unpaired) electrons. The van der Waals surface area contributed by atoms with Gasteiger partial charge in [-0.2, -0.15) is 0 Å². The highest BCUT2D eigenvalue weighted by molar-refractivity contribution is 6.05. The molecule has 150 valence electrons. The van der Waals surface area contributed by atoms with Gasteiger partial charge in [0.05, 0.1) is 6.10 Å². The molecular formula is C22H23N3O4. The van der Waals surface area contributed by atoms with Gasteiger partial charge in [-0.05, 0) is 29.2 Å². The molecule has 29 heavy (non-hydrogen) atoms. The van der Waals surface area contributed by atoms with E-state index in [2.05, 4.69) is 10.6 Å². The van der Waals surface area contributed by atoms with Gasteiger partial charge in [-0.1, -0.05) is 42.5 Å². The van der Waals surface area contributed by atoms with Crippen molar-refractivity contribution in [3.05, 3.63) is 70.8 Å². The number of benzene rings is 2. The van der Waals surface area contributed by atoms with Gasteiger partial charge in [-0.25, -0.2) is 0 Å². The summed E-state index contributed by atoms with van der Waals surface area (Å²) in [6, 6.07) is 14.5. The fraction of sp³-hybridized carbons (Fsp3) is 0.318. The van der Waals surface area contributed by atoms with Gasteiger partial charge in [-0.3, -0.25) is 19.7 Å². The molecular weight excluding hydrogens is 370 g/mol. The molecule has 0 bridgehead atoms. The van der Waals surface area contributed by atoms with Crippen LogP contribution in [-0.4, -0.2) is 40.3 Å². The molecule has 2 aromatic carbocycles. The molecule has 2 aromatic rings. The maximum absolute atomic E-state index is 12.7. The SMILES string of the molecule is O=C1CCC(N2Cc3cc(CNCC(O)c4ccccc4)ccc3C2=O)C(=O)N1. The number of hydrogen-bond acceptors (Lipinski definition) is 5. The Bertz CT molecular complexity index is 944. The van der Waals surface area contributed by atoms with Crippen LogP contribution < -0.4 is 10.6 Å². The molecule has 2 aliphatic rings. The number of carbonyl (C=O) groups excluding carboxylic acids is 3. The van der Waals surface area contributed by atoms with E-state index >= 15 is 0 Å². The highest BCUT2D eigenvalue weighted by atomic mass is 16.3. The Morgan fingerprint density at radius 2 is 1.93 bits per heavy atom. The summed E-state index contributed by atoms with van der Waals surface area (Å²) in [6.07, 6.45) is 0.0150. The van der Waals surface area contributed by atoms with Crippen LogP contribution in [-0.2, 0) is 22.7 Å². The first-order valence-corrected chi connectivity index (χ1v) is 9.73. The Morgan fingerprint density at radius 3 is 2.69 bits per heavy atom. The van der Waals surface area contributed by atoms with Gasteiger partial charge in [0.1, 0.15) is 6.04 Å². The Labute approximate surface area is 168 Å². The zero-order valence-corrected chi connectivity index (χ0v) is 15.9. The first-order chi connectivity index (χ1) is 14.0. The van der Waals surface area contributed by atoms with Crippen LogP contribution in [0.1, 0.15) is 46.0 Å². The third kappa shape index (κ3) is 4.06. The van der Waals surface area contributed by atoms with Gasteiger partial charge < -0.3 is 15.3 Å². The van der Waals surface area contributed by atoms with Gasteiger partial charge in [0.25, 0.3) is 5.91 Å². The normalized spacial score (nSPS) is 19.8. The molecule has 2 aliphatic heterocycles. The second-order valence-electron chi connectivity index (χ2n) is 7.45. The summed E-state index contributed by atoms with van der Waals surface area (Å²) in [5, 5.41) is 15.8. The minimum Gasteiger partial charge on any atom is -0.387 e. The number of rotatable bonds is 6. The molecule has 1 saturated heterocycles. The molecule has 0 aliphatic carbocycles. The zero-order valence-electron chi connectivity index (χ0n) is 15.9. The number of carbonyl (C=O) groups is 3. The molecule has 4 rings (SSSR count). The number of hydrogen-bond donors (Lipinski definition) is 3. The number of aliphatic hydroxyl groups excluding tert-OH is 1. The van der Waals surface area contributed by atoms with Crippen LogP contribution in [0.15, 0.2) is 48.5 Å². The lowest BCUT2D eigenvalue weighted by Gasteiger charge is -2.29. The van der Waals surface area contributed by atoms with Crippen molar-refractivity contribution < 1.29 is 19.5 Å². The molecule has 3 N–H and O–H groups in total. The number of imide groups is 1. The number of aliphatic hydroxyl groups is 1. The summed E-state index contributed by atoms with van der Waals surface area (Å²) in [6.45, 7) is 1.34. The molecule has 0 saturated carbocycles. The van der Waals surface area contributed by atoms with Crippen molar-refractivity contribution in [2.24, 2.45) is 0 Å². The van der Waals surface area contributed by atoms with Crippen LogP contribution >= 0.6 is 0 Å². The number of nitrogens with zero attached hydrogens (tertiary/aromatic N) is 1. The third-order valence-corrected chi connectivity index (χ3v) is 5.44. The maximum atomic E-state index is 12.7. The van der Waals surface area contributed by atoms with E-state index < -0.39 is 18.1 Å².